The number of carbonyl (C=O) groups excluding carboxylic acids is 1. The normalized spacial score (nSPS) is 17.2. The summed E-state index contributed by atoms with van der Waals surface area (Å²) in [6.45, 7) is 2.25. The average molecular weight is 318 g/mol. The molecule has 8 heteroatoms. The first kappa shape index (κ1) is 16.4. The fourth-order valence-corrected chi connectivity index (χ4v) is 2.43. The van der Waals surface area contributed by atoms with Crippen molar-refractivity contribution in [1.29, 1.82) is 0 Å². The molecule has 5 nitrogen and oxygen atoms in total. The first-order valence-electron chi connectivity index (χ1n) is 6.87. The van der Waals surface area contributed by atoms with Crippen LogP contribution in [0.3, 0.4) is 0 Å². The summed E-state index contributed by atoms with van der Waals surface area (Å²) >= 11 is 0. The van der Waals surface area contributed by atoms with Crippen LogP contribution in [-0.4, -0.2) is 37.0 Å². The van der Waals surface area contributed by atoms with Crippen LogP contribution < -0.4 is 10.5 Å². The summed E-state index contributed by atoms with van der Waals surface area (Å²) in [5, 5.41) is 0. The quantitative estimate of drug-likeness (QED) is 0.906. The highest BCUT2D eigenvalue weighted by atomic mass is 19.4. The molecule has 2 N–H and O–H groups in total. The molecule has 1 unspecified atom stereocenters. The van der Waals surface area contributed by atoms with Gasteiger partial charge in [0.1, 0.15) is 11.9 Å². The molecule has 1 saturated heterocycles. The third-order valence-electron chi connectivity index (χ3n) is 3.37. The van der Waals surface area contributed by atoms with Crippen LogP contribution in [0.4, 0.5) is 18.0 Å². The van der Waals surface area contributed by atoms with Crippen molar-refractivity contribution in [2.45, 2.75) is 25.3 Å². The molecule has 122 valence electrons. The van der Waals surface area contributed by atoms with Crippen molar-refractivity contribution in [2.75, 3.05) is 19.6 Å². The second-order valence-corrected chi connectivity index (χ2v) is 5.05. The maximum absolute atomic E-state index is 12.1. The van der Waals surface area contributed by atoms with Gasteiger partial charge in [0, 0.05) is 6.54 Å². The van der Waals surface area contributed by atoms with Crippen LogP contribution in [0.1, 0.15) is 24.5 Å². The van der Waals surface area contributed by atoms with Crippen LogP contribution in [0, 0.1) is 0 Å². The molecule has 1 aliphatic heterocycles. The fraction of sp³-hybridized carbons (Fsp3) is 0.500. The number of primary amides is 1. The van der Waals surface area contributed by atoms with E-state index in [9.17, 15) is 18.0 Å². The molecule has 22 heavy (non-hydrogen) atoms. The number of rotatable bonds is 5. The Kier molecular flexibility index (Phi) is 5.12. The topological polar surface area (TPSA) is 64.8 Å². The van der Waals surface area contributed by atoms with Crippen LogP contribution in [0.15, 0.2) is 24.3 Å². The van der Waals surface area contributed by atoms with E-state index in [1.165, 1.54) is 24.3 Å². The molecule has 0 aliphatic carbocycles. The summed E-state index contributed by atoms with van der Waals surface area (Å²) in [4.78, 5) is 13.1. The van der Waals surface area contributed by atoms with Crippen LogP contribution in [0.5, 0.6) is 5.75 Å². The molecule has 0 saturated carbocycles. The summed E-state index contributed by atoms with van der Waals surface area (Å²) in [6.07, 6.45) is -4.13. The second kappa shape index (κ2) is 6.87. The Morgan fingerprint density at radius 2 is 1.82 bits per heavy atom. The molecule has 2 rings (SSSR count). The van der Waals surface area contributed by atoms with Gasteiger partial charge in [-0.1, -0.05) is 12.1 Å². The van der Waals surface area contributed by atoms with Crippen molar-refractivity contribution in [3.63, 3.8) is 0 Å². The lowest BCUT2D eigenvalue weighted by molar-refractivity contribution is -0.274. The molecule has 1 aromatic carbocycles. The highest BCUT2D eigenvalue weighted by Gasteiger charge is 2.31. The van der Waals surface area contributed by atoms with Gasteiger partial charge >= 0.3 is 12.5 Å². The molecule has 1 heterocycles. The van der Waals surface area contributed by atoms with Gasteiger partial charge in [0.05, 0.1) is 0 Å². The number of hydrogen-bond acceptors (Lipinski definition) is 4. The number of ether oxygens (including phenoxy) is 2. The maximum atomic E-state index is 12.1. The van der Waals surface area contributed by atoms with Gasteiger partial charge in [-0.25, -0.2) is 4.79 Å². The van der Waals surface area contributed by atoms with Crippen molar-refractivity contribution >= 4 is 6.09 Å². The zero-order valence-corrected chi connectivity index (χ0v) is 11.8. The highest BCUT2D eigenvalue weighted by Crippen LogP contribution is 2.26. The Hall–Kier alpha value is -1.96. The van der Waals surface area contributed by atoms with E-state index in [-0.39, 0.29) is 5.75 Å². The predicted octanol–water partition coefficient (Wildman–Crippen LogP) is 2.82. The van der Waals surface area contributed by atoms with E-state index in [1.807, 2.05) is 0 Å². The van der Waals surface area contributed by atoms with Crippen molar-refractivity contribution in [2.24, 2.45) is 5.73 Å². The number of likely N-dealkylation sites (tertiary alicyclic amines) is 1. The lowest BCUT2D eigenvalue weighted by Gasteiger charge is -2.23. The van der Waals surface area contributed by atoms with Gasteiger partial charge in [-0.3, -0.25) is 4.90 Å². The van der Waals surface area contributed by atoms with Gasteiger partial charge in [0.25, 0.3) is 0 Å². The number of halogens is 3. The first-order valence-corrected chi connectivity index (χ1v) is 6.87. The van der Waals surface area contributed by atoms with E-state index < -0.39 is 18.6 Å². The Morgan fingerprint density at radius 1 is 1.23 bits per heavy atom. The fourth-order valence-electron chi connectivity index (χ4n) is 2.43. The molecule has 1 aromatic rings. The third kappa shape index (κ3) is 5.10. The summed E-state index contributed by atoms with van der Waals surface area (Å²) in [7, 11) is 0. The minimum atomic E-state index is -4.74. The number of nitrogens with two attached hydrogens (primary N) is 1. The monoisotopic (exact) mass is 318 g/mol. The first-order chi connectivity index (χ1) is 10.3. The van der Waals surface area contributed by atoms with Crippen LogP contribution in [0.25, 0.3) is 0 Å². The molecule has 1 aliphatic rings. The molecule has 1 atom stereocenters. The zero-order chi connectivity index (χ0) is 16.2. The summed E-state index contributed by atoms with van der Waals surface area (Å²) in [5.74, 6) is -0.324. The summed E-state index contributed by atoms with van der Waals surface area (Å²) < 4.78 is 45.3. The average Bonchev–Trinajstić information content (AvgIpc) is 2.89. The van der Waals surface area contributed by atoms with Gasteiger partial charge in [-0.15, -0.1) is 13.2 Å². The SMILES string of the molecule is NC(=O)OC(CN1CCCC1)c1ccc(OC(F)(F)F)cc1. The summed E-state index contributed by atoms with van der Waals surface area (Å²) in [6, 6.07) is 5.24. The molecule has 0 radical (unpaired) electrons. The molecule has 1 fully saturated rings. The number of benzene rings is 1. The highest BCUT2D eigenvalue weighted by molar-refractivity contribution is 5.65. The lowest BCUT2D eigenvalue weighted by atomic mass is 10.1. The van der Waals surface area contributed by atoms with Gasteiger partial charge in [0.2, 0.25) is 0 Å². The molecule has 0 spiro atoms. The van der Waals surface area contributed by atoms with Crippen molar-refractivity contribution in [3.8, 4) is 5.75 Å². The molecular weight excluding hydrogens is 301 g/mol. The molecule has 0 bridgehead atoms. The standard InChI is InChI=1S/C14H17F3N2O3/c15-14(16,17)22-11-5-3-10(4-6-11)12(21-13(18)20)9-19-7-1-2-8-19/h3-6,12H,1-2,7-9H2,(H2,18,20). The molecule has 1 amide bonds. The second-order valence-electron chi connectivity index (χ2n) is 5.05. The van der Waals surface area contributed by atoms with Crippen molar-refractivity contribution < 1.29 is 27.4 Å². The summed E-state index contributed by atoms with van der Waals surface area (Å²) in [5.41, 5.74) is 5.63. The van der Waals surface area contributed by atoms with Crippen molar-refractivity contribution in [3.05, 3.63) is 29.8 Å². The van der Waals surface area contributed by atoms with E-state index in [1.54, 1.807) is 0 Å². The van der Waals surface area contributed by atoms with E-state index in [4.69, 9.17) is 10.5 Å². The van der Waals surface area contributed by atoms with Crippen LogP contribution in [-0.2, 0) is 4.74 Å². The lowest BCUT2D eigenvalue weighted by Crippen LogP contribution is -2.29. The van der Waals surface area contributed by atoms with Gasteiger partial charge in [-0.2, -0.15) is 0 Å². The molecule has 0 aromatic heterocycles. The maximum Gasteiger partial charge on any atom is 0.573 e. The van der Waals surface area contributed by atoms with Crippen LogP contribution >= 0.6 is 0 Å². The Bertz CT molecular complexity index is 499. The van der Waals surface area contributed by atoms with E-state index in [2.05, 4.69) is 9.64 Å². The Labute approximate surface area is 125 Å². The number of amides is 1. The Balaban J connectivity index is 2.07. The minimum absolute atomic E-state index is 0.324. The van der Waals surface area contributed by atoms with Crippen LogP contribution in [0.2, 0.25) is 0 Å². The third-order valence-corrected chi connectivity index (χ3v) is 3.37. The largest absolute Gasteiger partial charge is 0.573 e. The van der Waals surface area contributed by atoms with E-state index in [0.717, 1.165) is 25.9 Å². The smallest absolute Gasteiger partial charge is 0.440 e. The van der Waals surface area contributed by atoms with Gasteiger partial charge in [0.15, 0.2) is 0 Å². The van der Waals surface area contributed by atoms with Gasteiger partial charge in [-0.05, 0) is 43.6 Å². The zero-order valence-electron chi connectivity index (χ0n) is 11.8. The van der Waals surface area contributed by atoms with Gasteiger partial charge < -0.3 is 15.2 Å². The molecular formula is C14H17F3N2O3. The number of alkyl halides is 3. The van der Waals surface area contributed by atoms with Crippen molar-refractivity contribution in [1.82, 2.24) is 4.90 Å². The number of nitrogens with zero attached hydrogens (tertiary/aromatic N) is 1. The minimum Gasteiger partial charge on any atom is -0.440 e. The number of hydrogen-bond donors (Lipinski definition) is 1. The van der Waals surface area contributed by atoms with E-state index >= 15 is 0 Å². The van der Waals surface area contributed by atoms with E-state index in [0.29, 0.717) is 12.1 Å². The predicted molar refractivity (Wildman–Crippen MR) is 72.2 cm³/mol. The number of carbonyl (C=O) groups is 1. The Morgan fingerprint density at radius 3 is 2.32 bits per heavy atom.